The Kier molecular flexibility index (Phi) is 8.05. The van der Waals surface area contributed by atoms with Gasteiger partial charge >= 0.3 is 0 Å². The van der Waals surface area contributed by atoms with Crippen LogP contribution in [0.4, 0.5) is 5.69 Å². The van der Waals surface area contributed by atoms with Gasteiger partial charge < -0.3 is 10.1 Å². The van der Waals surface area contributed by atoms with Crippen molar-refractivity contribution in [3.05, 3.63) is 98.9 Å². The lowest BCUT2D eigenvalue weighted by Gasteiger charge is -2.23. The number of ether oxygens (including phenoxy) is 1. The minimum Gasteiger partial charge on any atom is -0.484 e. The van der Waals surface area contributed by atoms with Gasteiger partial charge in [-0.25, -0.2) is 0 Å². The first kappa shape index (κ1) is 25.2. The number of hydrogen-bond acceptors (Lipinski definition) is 5. The van der Waals surface area contributed by atoms with Gasteiger partial charge in [-0.3, -0.25) is 14.5 Å². The number of halogens is 1. The predicted octanol–water partition coefficient (Wildman–Crippen LogP) is 6.74. The molecule has 0 spiro atoms. The van der Waals surface area contributed by atoms with Gasteiger partial charge in [0.05, 0.1) is 10.9 Å². The van der Waals surface area contributed by atoms with E-state index in [0.717, 1.165) is 26.9 Å². The van der Waals surface area contributed by atoms with Crippen molar-refractivity contribution in [2.75, 3.05) is 11.9 Å². The molecule has 1 aliphatic heterocycles. The summed E-state index contributed by atoms with van der Waals surface area (Å²) >= 11 is 10.2. The van der Waals surface area contributed by atoms with Crippen LogP contribution in [0.5, 0.6) is 5.75 Å². The number of nitrogens with one attached hydrogen (secondary N) is 1. The van der Waals surface area contributed by atoms with Gasteiger partial charge in [0.1, 0.15) is 10.1 Å². The van der Waals surface area contributed by atoms with Crippen molar-refractivity contribution < 1.29 is 14.3 Å². The SMILES string of the molecule is Cc1cc(Br)ccc1NC(=O)COc1cccc(/C=C2\SC(=S)N([C@H](C)c3ccccc3)C2=O)c1. The number of thiocarbonyl (C=S) groups is 1. The molecule has 0 bridgehead atoms. The second kappa shape index (κ2) is 11.2. The predicted molar refractivity (Wildman–Crippen MR) is 149 cm³/mol. The monoisotopic (exact) mass is 566 g/mol. The van der Waals surface area contributed by atoms with Crippen molar-refractivity contribution in [2.45, 2.75) is 19.9 Å². The van der Waals surface area contributed by atoms with Gasteiger partial charge in [0.25, 0.3) is 11.8 Å². The fraction of sp³-hybridized carbons (Fsp3) is 0.148. The van der Waals surface area contributed by atoms with Crippen molar-refractivity contribution in [1.82, 2.24) is 4.90 Å². The quantitative estimate of drug-likeness (QED) is 0.253. The summed E-state index contributed by atoms with van der Waals surface area (Å²) in [5, 5.41) is 2.86. The van der Waals surface area contributed by atoms with Crippen molar-refractivity contribution in [2.24, 2.45) is 0 Å². The number of benzene rings is 3. The van der Waals surface area contributed by atoms with E-state index in [1.807, 2.05) is 74.5 Å². The molecule has 1 atom stereocenters. The van der Waals surface area contributed by atoms with E-state index in [4.69, 9.17) is 17.0 Å². The van der Waals surface area contributed by atoms with Crippen LogP contribution < -0.4 is 10.1 Å². The zero-order valence-corrected chi connectivity index (χ0v) is 22.4. The molecule has 0 saturated carbocycles. The minimum absolute atomic E-state index is 0.119. The van der Waals surface area contributed by atoms with E-state index >= 15 is 0 Å². The summed E-state index contributed by atoms with van der Waals surface area (Å²) in [5.74, 6) is 0.165. The lowest BCUT2D eigenvalue weighted by molar-refractivity contribution is -0.123. The first-order chi connectivity index (χ1) is 16.8. The summed E-state index contributed by atoms with van der Waals surface area (Å²) < 4.78 is 7.18. The Labute approximate surface area is 222 Å². The van der Waals surface area contributed by atoms with Crippen LogP contribution in [0, 0.1) is 6.92 Å². The van der Waals surface area contributed by atoms with Crippen LogP contribution in [0.3, 0.4) is 0 Å². The van der Waals surface area contributed by atoms with E-state index in [1.165, 1.54) is 11.8 Å². The van der Waals surface area contributed by atoms with Crippen molar-refractivity contribution >= 4 is 67.8 Å². The summed E-state index contributed by atoms with van der Waals surface area (Å²) in [6, 6.07) is 22.6. The second-order valence-electron chi connectivity index (χ2n) is 8.01. The van der Waals surface area contributed by atoms with Crippen LogP contribution in [-0.2, 0) is 9.59 Å². The Bertz CT molecular complexity index is 1310. The van der Waals surface area contributed by atoms with Crippen LogP contribution in [0.1, 0.15) is 29.7 Å². The summed E-state index contributed by atoms with van der Waals surface area (Å²) in [6.45, 7) is 3.77. The molecule has 35 heavy (non-hydrogen) atoms. The molecule has 1 aliphatic rings. The molecule has 1 fully saturated rings. The average molecular weight is 568 g/mol. The van der Waals surface area contributed by atoms with Crippen LogP contribution in [0.25, 0.3) is 6.08 Å². The molecule has 178 valence electrons. The van der Waals surface area contributed by atoms with Gasteiger partial charge in [0.2, 0.25) is 0 Å². The largest absolute Gasteiger partial charge is 0.484 e. The zero-order chi connectivity index (χ0) is 24.9. The number of carbonyl (C=O) groups excluding carboxylic acids is 2. The summed E-state index contributed by atoms with van der Waals surface area (Å²) in [4.78, 5) is 27.7. The number of rotatable bonds is 7. The van der Waals surface area contributed by atoms with Gasteiger partial charge in [0, 0.05) is 10.2 Å². The molecule has 8 heteroatoms. The van der Waals surface area contributed by atoms with Gasteiger partial charge in [-0.2, -0.15) is 0 Å². The van der Waals surface area contributed by atoms with E-state index in [1.54, 1.807) is 23.1 Å². The highest BCUT2D eigenvalue weighted by molar-refractivity contribution is 9.10. The maximum absolute atomic E-state index is 13.1. The maximum atomic E-state index is 13.1. The van der Waals surface area contributed by atoms with E-state index in [-0.39, 0.29) is 24.5 Å². The molecule has 0 radical (unpaired) electrons. The molecule has 0 aromatic heterocycles. The summed E-state index contributed by atoms with van der Waals surface area (Å²) in [6.07, 6.45) is 1.80. The van der Waals surface area contributed by atoms with Crippen LogP contribution in [-0.4, -0.2) is 27.6 Å². The number of nitrogens with zero attached hydrogens (tertiary/aromatic N) is 1. The van der Waals surface area contributed by atoms with Gasteiger partial charge in [-0.05, 0) is 66.9 Å². The Balaban J connectivity index is 1.41. The molecule has 4 rings (SSSR count). The maximum Gasteiger partial charge on any atom is 0.266 e. The topological polar surface area (TPSA) is 58.6 Å². The van der Waals surface area contributed by atoms with E-state index < -0.39 is 0 Å². The van der Waals surface area contributed by atoms with Crippen molar-refractivity contribution in [3.63, 3.8) is 0 Å². The molecule has 1 N–H and O–H groups in total. The molecular weight excluding hydrogens is 544 g/mol. The molecule has 0 unspecified atom stereocenters. The number of aryl methyl sites for hydroxylation is 1. The number of anilines is 1. The number of thioether (sulfide) groups is 1. The fourth-order valence-electron chi connectivity index (χ4n) is 3.64. The van der Waals surface area contributed by atoms with Crippen LogP contribution in [0.2, 0.25) is 0 Å². The Morgan fingerprint density at radius 2 is 1.91 bits per heavy atom. The zero-order valence-electron chi connectivity index (χ0n) is 19.2. The van der Waals surface area contributed by atoms with Crippen LogP contribution in [0.15, 0.2) is 82.2 Å². The molecule has 5 nitrogen and oxygen atoms in total. The lowest BCUT2D eigenvalue weighted by Crippen LogP contribution is -2.30. The van der Waals surface area contributed by atoms with E-state index in [2.05, 4.69) is 21.2 Å². The fourth-order valence-corrected chi connectivity index (χ4v) is 5.54. The summed E-state index contributed by atoms with van der Waals surface area (Å²) in [7, 11) is 0. The number of carbonyl (C=O) groups is 2. The van der Waals surface area contributed by atoms with E-state index in [0.29, 0.717) is 15.0 Å². The molecule has 0 aliphatic carbocycles. The van der Waals surface area contributed by atoms with Crippen molar-refractivity contribution in [3.8, 4) is 5.75 Å². The Morgan fingerprint density at radius 1 is 1.14 bits per heavy atom. The Morgan fingerprint density at radius 3 is 2.66 bits per heavy atom. The summed E-state index contributed by atoms with van der Waals surface area (Å²) in [5.41, 5.74) is 3.51. The molecule has 2 amide bonds. The second-order valence-corrected chi connectivity index (χ2v) is 10.6. The molecule has 3 aromatic carbocycles. The van der Waals surface area contributed by atoms with Crippen molar-refractivity contribution in [1.29, 1.82) is 0 Å². The third-order valence-corrected chi connectivity index (χ3v) is 7.30. The highest BCUT2D eigenvalue weighted by Crippen LogP contribution is 2.38. The normalized spacial score (nSPS) is 15.4. The standard InChI is InChI=1S/C27H23BrN2O3S2/c1-17-13-21(28)11-12-23(17)29-25(31)16-33-22-10-6-7-19(14-22)15-24-26(32)30(27(34)35-24)18(2)20-8-4-3-5-9-20/h3-15,18H,16H2,1-2H3,(H,29,31)/b24-15-/t18-/m1/s1. The average Bonchev–Trinajstić information content (AvgIpc) is 3.12. The molecule has 1 saturated heterocycles. The first-order valence-electron chi connectivity index (χ1n) is 10.9. The highest BCUT2D eigenvalue weighted by Gasteiger charge is 2.35. The smallest absolute Gasteiger partial charge is 0.266 e. The van der Waals surface area contributed by atoms with Crippen LogP contribution >= 0.6 is 39.9 Å². The molecule has 1 heterocycles. The van der Waals surface area contributed by atoms with Gasteiger partial charge in [-0.15, -0.1) is 0 Å². The number of hydrogen-bond donors (Lipinski definition) is 1. The van der Waals surface area contributed by atoms with Gasteiger partial charge in [-0.1, -0.05) is 82.4 Å². The molecule has 3 aromatic rings. The molecular formula is C27H23BrN2O3S2. The van der Waals surface area contributed by atoms with Gasteiger partial charge in [0.15, 0.2) is 6.61 Å². The Hall–Kier alpha value is -2.94. The number of amides is 2. The van der Waals surface area contributed by atoms with E-state index in [9.17, 15) is 9.59 Å². The lowest BCUT2D eigenvalue weighted by atomic mass is 10.1. The highest BCUT2D eigenvalue weighted by atomic mass is 79.9. The first-order valence-corrected chi connectivity index (χ1v) is 12.9. The third kappa shape index (κ3) is 6.20. The third-order valence-electron chi connectivity index (χ3n) is 5.48. The minimum atomic E-state index is -0.253.